The van der Waals surface area contributed by atoms with Gasteiger partial charge in [-0.05, 0) is 25.7 Å². The Morgan fingerprint density at radius 1 is 0.941 bits per heavy atom. The van der Waals surface area contributed by atoms with E-state index in [9.17, 15) is 9.59 Å². The molecule has 94 valence electrons. The molecule has 4 nitrogen and oxygen atoms in total. The largest absolute Gasteiger partial charge is 0.331 e. The Hall–Kier alpha value is -0.900. The van der Waals surface area contributed by atoms with Gasteiger partial charge in [-0.2, -0.15) is 0 Å². The standard InChI is InChI=1S/C13H20N2O2/c16-12-6-7-13(17)15(12)11-5-3-9-14-8-2-1-4-10(11)14/h10-11H,1-9H2/p+1/t10-,11+/m0/s1. The van der Waals surface area contributed by atoms with E-state index in [1.165, 1.54) is 32.4 Å². The molecule has 3 aliphatic rings. The zero-order chi connectivity index (χ0) is 11.8. The van der Waals surface area contributed by atoms with E-state index in [1.54, 1.807) is 9.80 Å². The van der Waals surface area contributed by atoms with E-state index < -0.39 is 0 Å². The number of piperidine rings is 2. The number of likely N-dealkylation sites (tertiary alicyclic amines) is 1. The molecule has 1 unspecified atom stereocenters. The number of amides is 2. The van der Waals surface area contributed by atoms with E-state index in [-0.39, 0.29) is 17.9 Å². The molecule has 3 aliphatic heterocycles. The summed E-state index contributed by atoms with van der Waals surface area (Å²) >= 11 is 0. The van der Waals surface area contributed by atoms with Crippen molar-refractivity contribution < 1.29 is 14.5 Å². The lowest BCUT2D eigenvalue weighted by Gasteiger charge is -2.43. The van der Waals surface area contributed by atoms with E-state index in [4.69, 9.17) is 0 Å². The minimum Gasteiger partial charge on any atom is -0.331 e. The van der Waals surface area contributed by atoms with Crippen LogP contribution >= 0.6 is 0 Å². The summed E-state index contributed by atoms with van der Waals surface area (Å²) in [7, 11) is 0. The first-order valence-electron chi connectivity index (χ1n) is 6.97. The van der Waals surface area contributed by atoms with Gasteiger partial charge in [0.25, 0.3) is 0 Å². The molecule has 4 heteroatoms. The SMILES string of the molecule is O=C1CCC(=O)N1[C@@H]1CCC[NH+]2CCCC[C@@H]12. The fraction of sp³-hybridized carbons (Fsp3) is 0.846. The molecule has 0 aliphatic carbocycles. The van der Waals surface area contributed by atoms with Crippen LogP contribution in [0.3, 0.4) is 0 Å². The molecule has 1 N–H and O–H groups in total. The van der Waals surface area contributed by atoms with E-state index in [2.05, 4.69) is 0 Å². The Bertz CT molecular complexity index is 324. The van der Waals surface area contributed by atoms with Gasteiger partial charge in [-0.15, -0.1) is 0 Å². The molecule has 0 aromatic carbocycles. The van der Waals surface area contributed by atoms with Crippen molar-refractivity contribution in [2.45, 2.75) is 57.0 Å². The maximum Gasteiger partial charge on any atom is 0.230 e. The van der Waals surface area contributed by atoms with Gasteiger partial charge >= 0.3 is 0 Å². The van der Waals surface area contributed by atoms with Crippen LogP contribution in [0, 0.1) is 0 Å². The van der Waals surface area contributed by atoms with Crippen molar-refractivity contribution in [2.75, 3.05) is 13.1 Å². The normalized spacial score (nSPS) is 38.4. The first-order valence-corrected chi connectivity index (χ1v) is 6.97. The maximum absolute atomic E-state index is 11.9. The van der Waals surface area contributed by atoms with Crippen LogP contribution in [0.1, 0.15) is 44.9 Å². The Balaban J connectivity index is 1.80. The van der Waals surface area contributed by atoms with Crippen molar-refractivity contribution in [1.29, 1.82) is 0 Å². The van der Waals surface area contributed by atoms with Crippen molar-refractivity contribution in [3.8, 4) is 0 Å². The molecule has 2 amide bonds. The number of carbonyl (C=O) groups is 2. The lowest BCUT2D eigenvalue weighted by Crippen LogP contribution is -3.19. The van der Waals surface area contributed by atoms with Gasteiger partial charge in [0, 0.05) is 19.3 Å². The summed E-state index contributed by atoms with van der Waals surface area (Å²) < 4.78 is 0. The van der Waals surface area contributed by atoms with Crippen molar-refractivity contribution in [3.63, 3.8) is 0 Å². The second kappa shape index (κ2) is 4.41. The lowest BCUT2D eigenvalue weighted by molar-refractivity contribution is -0.937. The fourth-order valence-corrected chi connectivity index (χ4v) is 3.89. The zero-order valence-corrected chi connectivity index (χ0v) is 10.3. The van der Waals surface area contributed by atoms with Crippen LogP contribution in [-0.4, -0.2) is 41.9 Å². The van der Waals surface area contributed by atoms with Crippen LogP contribution in [0.2, 0.25) is 0 Å². The van der Waals surface area contributed by atoms with Gasteiger partial charge in [-0.3, -0.25) is 14.5 Å². The number of fused-ring (bicyclic) bond motifs is 1. The fourth-order valence-electron chi connectivity index (χ4n) is 3.89. The summed E-state index contributed by atoms with van der Waals surface area (Å²) in [4.78, 5) is 27.0. The highest BCUT2D eigenvalue weighted by molar-refractivity contribution is 6.02. The lowest BCUT2D eigenvalue weighted by atomic mass is 9.88. The van der Waals surface area contributed by atoms with E-state index >= 15 is 0 Å². The van der Waals surface area contributed by atoms with Crippen LogP contribution in [0.25, 0.3) is 0 Å². The van der Waals surface area contributed by atoms with E-state index in [1.807, 2.05) is 0 Å². The van der Waals surface area contributed by atoms with Gasteiger partial charge in [0.15, 0.2) is 0 Å². The number of carbonyl (C=O) groups excluding carboxylic acids is 2. The summed E-state index contributed by atoms with van der Waals surface area (Å²) in [5.41, 5.74) is 0. The van der Waals surface area contributed by atoms with Crippen LogP contribution in [0.5, 0.6) is 0 Å². The molecule has 0 spiro atoms. The molecule has 17 heavy (non-hydrogen) atoms. The monoisotopic (exact) mass is 237 g/mol. The Kier molecular flexibility index (Phi) is 2.90. The molecule has 3 saturated heterocycles. The Labute approximate surface area is 102 Å². The zero-order valence-electron chi connectivity index (χ0n) is 10.3. The van der Waals surface area contributed by atoms with Crippen molar-refractivity contribution in [2.24, 2.45) is 0 Å². The number of rotatable bonds is 1. The highest BCUT2D eigenvalue weighted by atomic mass is 16.2. The number of imide groups is 1. The molecular formula is C13H21N2O2+. The van der Waals surface area contributed by atoms with Gasteiger partial charge < -0.3 is 4.90 Å². The molecule has 0 saturated carbocycles. The molecule has 0 aromatic heterocycles. The molecule has 0 bridgehead atoms. The van der Waals surface area contributed by atoms with Gasteiger partial charge in [-0.25, -0.2) is 0 Å². The number of hydrogen-bond acceptors (Lipinski definition) is 2. The predicted molar refractivity (Wildman–Crippen MR) is 62.4 cm³/mol. The van der Waals surface area contributed by atoms with Crippen molar-refractivity contribution >= 4 is 11.8 Å². The first-order chi connectivity index (χ1) is 8.27. The minimum absolute atomic E-state index is 0.0758. The molecule has 3 fully saturated rings. The Morgan fingerprint density at radius 2 is 1.65 bits per heavy atom. The number of quaternary nitrogens is 1. The summed E-state index contributed by atoms with van der Waals surface area (Å²) in [6, 6.07) is 0.741. The van der Waals surface area contributed by atoms with Crippen LogP contribution in [-0.2, 0) is 9.59 Å². The second-order valence-electron chi connectivity index (χ2n) is 5.63. The van der Waals surface area contributed by atoms with E-state index in [0.29, 0.717) is 18.9 Å². The predicted octanol–water partition coefficient (Wildman–Crippen LogP) is -0.265. The van der Waals surface area contributed by atoms with Gasteiger partial charge in [0.2, 0.25) is 11.8 Å². The Morgan fingerprint density at radius 3 is 2.41 bits per heavy atom. The average Bonchev–Trinajstić information content (AvgIpc) is 2.69. The number of hydrogen-bond donors (Lipinski definition) is 1. The third-order valence-corrected chi connectivity index (χ3v) is 4.67. The third kappa shape index (κ3) is 1.88. The molecular weight excluding hydrogens is 216 g/mol. The molecule has 3 atom stereocenters. The van der Waals surface area contributed by atoms with Gasteiger partial charge in [0.1, 0.15) is 6.04 Å². The minimum atomic E-state index is 0.0758. The summed E-state index contributed by atoms with van der Waals surface area (Å²) in [6.45, 7) is 2.47. The second-order valence-corrected chi connectivity index (χ2v) is 5.63. The van der Waals surface area contributed by atoms with Crippen molar-refractivity contribution in [3.05, 3.63) is 0 Å². The topological polar surface area (TPSA) is 41.8 Å². The third-order valence-electron chi connectivity index (χ3n) is 4.67. The highest BCUT2D eigenvalue weighted by Gasteiger charge is 2.45. The molecule has 3 heterocycles. The molecule has 0 radical (unpaired) electrons. The quantitative estimate of drug-likeness (QED) is 0.638. The first kappa shape index (κ1) is 11.2. The van der Waals surface area contributed by atoms with Crippen LogP contribution < -0.4 is 4.90 Å². The average molecular weight is 237 g/mol. The number of nitrogens with zero attached hydrogens (tertiary/aromatic N) is 1. The van der Waals surface area contributed by atoms with Crippen LogP contribution in [0.4, 0.5) is 0 Å². The van der Waals surface area contributed by atoms with Gasteiger partial charge in [0.05, 0.1) is 19.1 Å². The van der Waals surface area contributed by atoms with E-state index in [0.717, 1.165) is 12.8 Å². The maximum atomic E-state index is 11.9. The summed E-state index contributed by atoms with van der Waals surface area (Å²) in [5, 5.41) is 0. The van der Waals surface area contributed by atoms with Crippen molar-refractivity contribution in [1.82, 2.24) is 4.90 Å². The summed E-state index contributed by atoms with van der Waals surface area (Å²) in [5.74, 6) is 0.152. The molecule has 3 rings (SSSR count). The van der Waals surface area contributed by atoms with Gasteiger partial charge in [-0.1, -0.05) is 0 Å². The number of nitrogens with one attached hydrogen (secondary N) is 1. The highest BCUT2D eigenvalue weighted by Crippen LogP contribution is 2.24. The van der Waals surface area contributed by atoms with Crippen LogP contribution in [0.15, 0.2) is 0 Å². The molecule has 0 aromatic rings. The smallest absolute Gasteiger partial charge is 0.230 e. The summed E-state index contributed by atoms with van der Waals surface area (Å²) in [6.07, 6.45) is 6.84.